The first-order valence-electron chi connectivity index (χ1n) is 7.70. The van der Waals surface area contributed by atoms with Crippen LogP contribution in [-0.2, 0) is 14.8 Å². The zero-order chi connectivity index (χ0) is 17.3. The first kappa shape index (κ1) is 16.7. The topological polar surface area (TPSA) is 95.8 Å². The van der Waals surface area contributed by atoms with Crippen LogP contribution in [0.3, 0.4) is 0 Å². The highest BCUT2D eigenvalue weighted by Crippen LogP contribution is 2.22. The molecule has 1 N–H and O–H groups in total. The second-order valence-electron chi connectivity index (χ2n) is 5.89. The Labute approximate surface area is 140 Å². The van der Waals surface area contributed by atoms with Crippen LogP contribution in [-0.4, -0.2) is 62.7 Å². The highest BCUT2D eigenvalue weighted by molar-refractivity contribution is 7.88. The zero-order valence-electron chi connectivity index (χ0n) is 13.6. The maximum Gasteiger partial charge on any atom is 0.298 e. The first-order chi connectivity index (χ1) is 11.3. The lowest BCUT2D eigenvalue weighted by Gasteiger charge is -2.35. The molecule has 3 rings (SSSR count). The lowest BCUT2D eigenvalue weighted by molar-refractivity contribution is -0.132. The molecule has 1 amide bonds. The molecule has 8 nitrogen and oxygen atoms in total. The van der Waals surface area contributed by atoms with Gasteiger partial charge in [-0.3, -0.25) is 4.79 Å². The second-order valence-corrected chi connectivity index (χ2v) is 7.67. The number of carbonyl (C=O) groups is 1. The minimum Gasteiger partial charge on any atom is -0.423 e. The molecule has 9 heteroatoms. The number of anilines is 1. The third-order valence-electron chi connectivity index (χ3n) is 3.91. The van der Waals surface area contributed by atoms with Gasteiger partial charge in [0, 0.05) is 26.2 Å². The highest BCUT2D eigenvalue weighted by Gasteiger charge is 2.27. The van der Waals surface area contributed by atoms with Gasteiger partial charge in [0.1, 0.15) is 5.52 Å². The number of fused-ring (bicyclic) bond motifs is 1. The Morgan fingerprint density at radius 2 is 1.92 bits per heavy atom. The molecule has 130 valence electrons. The fraction of sp³-hybridized carbons (Fsp3) is 0.467. The molecule has 24 heavy (non-hydrogen) atoms. The maximum absolute atomic E-state index is 12.3. The summed E-state index contributed by atoms with van der Waals surface area (Å²) in [6.45, 7) is 3.71. The van der Waals surface area contributed by atoms with Gasteiger partial charge in [-0.1, -0.05) is 12.1 Å². The molecule has 0 unspecified atom stereocenters. The molecular formula is C15H20N4O4S. The van der Waals surface area contributed by atoms with Gasteiger partial charge < -0.3 is 14.2 Å². The molecule has 0 spiro atoms. The average molecular weight is 352 g/mol. The van der Waals surface area contributed by atoms with Gasteiger partial charge in [-0.15, -0.1) is 0 Å². The van der Waals surface area contributed by atoms with E-state index in [1.165, 1.54) is 0 Å². The first-order valence-corrected chi connectivity index (χ1v) is 9.59. The number of carbonyl (C=O) groups excluding carboxylic acids is 1. The van der Waals surface area contributed by atoms with Crippen LogP contribution in [0, 0.1) is 0 Å². The van der Waals surface area contributed by atoms with Gasteiger partial charge in [0.2, 0.25) is 15.9 Å². The molecule has 2 aromatic rings. The van der Waals surface area contributed by atoms with Crippen molar-refractivity contribution in [2.45, 2.75) is 13.0 Å². The van der Waals surface area contributed by atoms with Crippen LogP contribution < -0.4 is 9.62 Å². The van der Waals surface area contributed by atoms with Gasteiger partial charge in [0.05, 0.1) is 12.3 Å². The van der Waals surface area contributed by atoms with Gasteiger partial charge in [0.25, 0.3) is 6.01 Å². The predicted molar refractivity (Wildman–Crippen MR) is 90.2 cm³/mol. The smallest absolute Gasteiger partial charge is 0.298 e. The van der Waals surface area contributed by atoms with Crippen molar-refractivity contribution in [3.63, 3.8) is 0 Å². The third-order valence-corrected chi connectivity index (χ3v) is 4.69. The normalized spacial score (nSPS) is 17.2. The van der Waals surface area contributed by atoms with Gasteiger partial charge in [0.15, 0.2) is 5.58 Å². The Bertz CT molecular complexity index is 807. The van der Waals surface area contributed by atoms with Crippen molar-refractivity contribution in [2.24, 2.45) is 0 Å². The van der Waals surface area contributed by atoms with Crippen molar-refractivity contribution < 1.29 is 17.6 Å². The number of benzene rings is 1. The number of sulfonamides is 1. The molecule has 1 saturated heterocycles. The molecular weight excluding hydrogens is 332 g/mol. The minimum atomic E-state index is -3.41. The molecule has 1 atom stereocenters. The van der Waals surface area contributed by atoms with Crippen LogP contribution in [0.1, 0.15) is 6.92 Å². The van der Waals surface area contributed by atoms with Crippen LogP contribution >= 0.6 is 0 Å². The minimum absolute atomic E-state index is 0.224. The van der Waals surface area contributed by atoms with Crippen molar-refractivity contribution in [2.75, 3.05) is 37.3 Å². The maximum atomic E-state index is 12.3. The summed E-state index contributed by atoms with van der Waals surface area (Å²) in [5.74, 6) is -0.224. The van der Waals surface area contributed by atoms with E-state index in [1.54, 1.807) is 11.8 Å². The molecule has 1 aliphatic rings. The summed E-state index contributed by atoms with van der Waals surface area (Å²) in [4.78, 5) is 20.4. The van der Waals surface area contributed by atoms with Crippen LogP contribution in [0.2, 0.25) is 0 Å². The number of aromatic nitrogens is 1. The van der Waals surface area contributed by atoms with Gasteiger partial charge in [-0.25, -0.2) is 13.1 Å². The van der Waals surface area contributed by atoms with E-state index in [0.29, 0.717) is 32.2 Å². The number of nitrogens with one attached hydrogen (secondary N) is 1. The van der Waals surface area contributed by atoms with Crippen LogP contribution in [0.15, 0.2) is 28.7 Å². The highest BCUT2D eigenvalue weighted by atomic mass is 32.2. The standard InChI is InChI=1S/C15H20N4O4S/c1-11(17-24(2,21)22)14(20)18-7-9-19(10-8-18)15-16-12-5-3-4-6-13(12)23-15/h3-6,11,17H,7-10H2,1-2H3/t11-/m0/s1. The van der Waals surface area contributed by atoms with Crippen LogP contribution in [0.5, 0.6) is 0 Å². The quantitative estimate of drug-likeness (QED) is 0.856. The van der Waals surface area contributed by atoms with Gasteiger partial charge in [-0.05, 0) is 19.1 Å². The largest absolute Gasteiger partial charge is 0.423 e. The second kappa shape index (κ2) is 6.40. The summed E-state index contributed by atoms with van der Waals surface area (Å²) in [7, 11) is -3.41. The van der Waals surface area contributed by atoms with Gasteiger partial charge in [-0.2, -0.15) is 4.98 Å². The molecule has 0 saturated carbocycles. The number of piperazine rings is 1. The Morgan fingerprint density at radius 1 is 1.25 bits per heavy atom. The summed E-state index contributed by atoms with van der Waals surface area (Å²) < 4.78 is 30.5. The Hall–Kier alpha value is -2.13. The summed E-state index contributed by atoms with van der Waals surface area (Å²) in [5.41, 5.74) is 1.54. The molecule has 0 aliphatic carbocycles. The number of rotatable bonds is 4. The number of para-hydroxylation sites is 2. The van der Waals surface area contributed by atoms with Crippen LogP contribution in [0.25, 0.3) is 11.1 Å². The van der Waals surface area contributed by atoms with Crippen LogP contribution in [0.4, 0.5) is 6.01 Å². The summed E-state index contributed by atoms with van der Waals surface area (Å²) in [6.07, 6.45) is 1.04. The molecule has 1 aromatic carbocycles. The van der Waals surface area contributed by atoms with Crippen molar-refractivity contribution in [3.8, 4) is 0 Å². The van der Waals surface area contributed by atoms with Crippen molar-refractivity contribution in [3.05, 3.63) is 24.3 Å². The van der Waals surface area contributed by atoms with E-state index < -0.39 is 16.1 Å². The average Bonchev–Trinajstić information content (AvgIpc) is 2.96. The molecule has 1 aliphatic heterocycles. The lowest BCUT2D eigenvalue weighted by atomic mass is 10.2. The summed E-state index contributed by atoms with van der Waals surface area (Å²) in [5, 5.41) is 0. The van der Waals surface area contributed by atoms with Crippen molar-refractivity contribution in [1.29, 1.82) is 0 Å². The monoisotopic (exact) mass is 352 g/mol. The van der Waals surface area contributed by atoms with E-state index in [-0.39, 0.29) is 5.91 Å². The van der Waals surface area contributed by atoms with E-state index in [9.17, 15) is 13.2 Å². The fourth-order valence-electron chi connectivity index (χ4n) is 2.76. The molecule has 1 aromatic heterocycles. The number of nitrogens with zero attached hydrogens (tertiary/aromatic N) is 3. The number of hydrogen-bond donors (Lipinski definition) is 1. The molecule has 0 radical (unpaired) electrons. The van der Waals surface area contributed by atoms with E-state index in [0.717, 1.165) is 17.4 Å². The number of amides is 1. The Kier molecular flexibility index (Phi) is 4.46. The molecule has 0 bridgehead atoms. The summed E-state index contributed by atoms with van der Waals surface area (Å²) >= 11 is 0. The Balaban J connectivity index is 1.62. The Morgan fingerprint density at radius 3 is 2.54 bits per heavy atom. The third kappa shape index (κ3) is 3.68. The fourth-order valence-corrected chi connectivity index (χ4v) is 3.50. The van der Waals surface area contributed by atoms with E-state index in [4.69, 9.17) is 4.42 Å². The van der Waals surface area contributed by atoms with E-state index >= 15 is 0 Å². The van der Waals surface area contributed by atoms with E-state index in [2.05, 4.69) is 9.71 Å². The number of oxazole rings is 1. The van der Waals surface area contributed by atoms with Crippen molar-refractivity contribution in [1.82, 2.24) is 14.6 Å². The van der Waals surface area contributed by atoms with Crippen molar-refractivity contribution >= 4 is 33.0 Å². The lowest BCUT2D eigenvalue weighted by Crippen LogP contribution is -2.54. The zero-order valence-corrected chi connectivity index (χ0v) is 14.4. The predicted octanol–water partition coefficient (Wildman–Crippen LogP) is 0.414. The molecule has 2 heterocycles. The van der Waals surface area contributed by atoms with Gasteiger partial charge >= 0.3 is 0 Å². The summed E-state index contributed by atoms with van der Waals surface area (Å²) in [6, 6.07) is 7.33. The number of hydrogen-bond acceptors (Lipinski definition) is 6. The van der Waals surface area contributed by atoms with E-state index in [1.807, 2.05) is 29.2 Å². The SMILES string of the molecule is C[C@H](NS(C)(=O)=O)C(=O)N1CCN(c2nc3ccccc3o2)CC1. The molecule has 1 fully saturated rings.